The maximum Gasteiger partial charge on any atom is 0.338 e. The third-order valence-electron chi connectivity index (χ3n) is 2.47. The Morgan fingerprint density at radius 1 is 1.35 bits per heavy atom. The molecule has 0 unspecified atom stereocenters. The standard InChI is InChI=1S/C12H14ClFO5S/c1-3-18-4-5-19-12(15)10-6-9(14)7-11(8(10)2)20(13,16)17/h6-7H,3-5H2,1-2H3. The van der Waals surface area contributed by atoms with Crippen molar-refractivity contribution >= 4 is 25.7 Å². The highest BCUT2D eigenvalue weighted by molar-refractivity contribution is 8.13. The number of hydrogen-bond donors (Lipinski definition) is 0. The lowest BCUT2D eigenvalue weighted by atomic mass is 10.1. The quantitative estimate of drug-likeness (QED) is 0.456. The third kappa shape index (κ3) is 4.43. The fraction of sp³-hybridized carbons (Fsp3) is 0.417. The number of hydrogen-bond acceptors (Lipinski definition) is 5. The van der Waals surface area contributed by atoms with Crippen LogP contribution in [0.15, 0.2) is 17.0 Å². The molecule has 0 bridgehead atoms. The number of carbonyl (C=O) groups excluding carboxylic acids is 1. The third-order valence-corrected chi connectivity index (χ3v) is 3.92. The lowest BCUT2D eigenvalue weighted by Gasteiger charge is -2.10. The molecule has 0 amide bonds. The number of rotatable bonds is 6. The van der Waals surface area contributed by atoms with Crippen LogP contribution < -0.4 is 0 Å². The van der Waals surface area contributed by atoms with Crippen LogP contribution in [0.1, 0.15) is 22.8 Å². The van der Waals surface area contributed by atoms with Crippen molar-refractivity contribution in [1.29, 1.82) is 0 Å². The Bertz CT molecular complexity index is 600. The molecular formula is C12H14ClFO5S. The van der Waals surface area contributed by atoms with Crippen LogP contribution in [0, 0.1) is 12.7 Å². The normalized spacial score (nSPS) is 11.4. The molecule has 0 aromatic heterocycles. The molecule has 0 atom stereocenters. The second-order valence-corrected chi connectivity index (χ2v) is 6.38. The SMILES string of the molecule is CCOCCOC(=O)c1cc(F)cc(S(=O)(=O)Cl)c1C. The van der Waals surface area contributed by atoms with E-state index in [9.17, 15) is 17.6 Å². The van der Waals surface area contributed by atoms with Crippen molar-refractivity contribution in [3.05, 3.63) is 29.1 Å². The van der Waals surface area contributed by atoms with Crippen molar-refractivity contribution in [3.8, 4) is 0 Å². The van der Waals surface area contributed by atoms with Gasteiger partial charge in [0.2, 0.25) is 0 Å². The van der Waals surface area contributed by atoms with Crippen LogP contribution >= 0.6 is 10.7 Å². The average molecular weight is 325 g/mol. The summed E-state index contributed by atoms with van der Waals surface area (Å²) in [7, 11) is 1.05. The van der Waals surface area contributed by atoms with Gasteiger partial charge >= 0.3 is 5.97 Å². The molecule has 0 fully saturated rings. The van der Waals surface area contributed by atoms with Gasteiger partial charge in [-0.05, 0) is 31.5 Å². The Balaban J connectivity index is 3.01. The number of halogens is 2. The van der Waals surface area contributed by atoms with Crippen molar-refractivity contribution in [2.75, 3.05) is 19.8 Å². The van der Waals surface area contributed by atoms with Crippen LogP contribution in [0.2, 0.25) is 0 Å². The van der Waals surface area contributed by atoms with E-state index in [1.807, 2.05) is 0 Å². The summed E-state index contributed by atoms with van der Waals surface area (Å²) >= 11 is 0. The van der Waals surface area contributed by atoms with E-state index in [2.05, 4.69) is 0 Å². The molecule has 1 rings (SSSR count). The van der Waals surface area contributed by atoms with Crippen LogP contribution in [0.3, 0.4) is 0 Å². The van der Waals surface area contributed by atoms with E-state index in [1.54, 1.807) is 6.92 Å². The minimum atomic E-state index is -4.14. The molecule has 0 aliphatic heterocycles. The molecule has 0 spiro atoms. The molecule has 8 heteroatoms. The van der Waals surface area contributed by atoms with Crippen LogP contribution in [0.4, 0.5) is 4.39 Å². The van der Waals surface area contributed by atoms with Crippen molar-refractivity contribution in [3.63, 3.8) is 0 Å². The molecule has 0 saturated carbocycles. The molecule has 0 radical (unpaired) electrons. The predicted molar refractivity (Wildman–Crippen MR) is 71.0 cm³/mol. The van der Waals surface area contributed by atoms with Gasteiger partial charge in [0.1, 0.15) is 12.4 Å². The Labute approximate surface area is 121 Å². The first-order valence-corrected chi connectivity index (χ1v) is 8.08. The van der Waals surface area contributed by atoms with Gasteiger partial charge < -0.3 is 9.47 Å². The van der Waals surface area contributed by atoms with Gasteiger partial charge in [0, 0.05) is 17.3 Å². The smallest absolute Gasteiger partial charge is 0.338 e. The lowest BCUT2D eigenvalue weighted by Crippen LogP contribution is -2.13. The zero-order valence-corrected chi connectivity index (χ0v) is 12.6. The minimum absolute atomic E-state index is 0.00835. The second kappa shape index (κ2) is 7.01. The minimum Gasteiger partial charge on any atom is -0.460 e. The predicted octanol–water partition coefficient (Wildman–Crippen LogP) is 2.25. The van der Waals surface area contributed by atoms with Crippen molar-refractivity contribution in [2.24, 2.45) is 0 Å². The Kier molecular flexibility index (Phi) is 5.91. The lowest BCUT2D eigenvalue weighted by molar-refractivity contribution is 0.0334. The van der Waals surface area contributed by atoms with Gasteiger partial charge in [0.25, 0.3) is 9.05 Å². The highest BCUT2D eigenvalue weighted by atomic mass is 35.7. The molecule has 0 aliphatic rings. The maximum atomic E-state index is 13.4. The summed E-state index contributed by atoms with van der Waals surface area (Å²) in [4.78, 5) is 11.3. The number of carbonyl (C=O) groups is 1. The second-order valence-electron chi connectivity index (χ2n) is 3.85. The fourth-order valence-electron chi connectivity index (χ4n) is 1.53. The monoisotopic (exact) mass is 324 g/mol. The van der Waals surface area contributed by atoms with E-state index in [4.69, 9.17) is 20.2 Å². The van der Waals surface area contributed by atoms with E-state index in [0.29, 0.717) is 6.61 Å². The van der Waals surface area contributed by atoms with E-state index in [0.717, 1.165) is 12.1 Å². The van der Waals surface area contributed by atoms with Gasteiger partial charge in [-0.15, -0.1) is 0 Å². The summed E-state index contributed by atoms with van der Waals surface area (Å²) in [5.41, 5.74) is -0.136. The van der Waals surface area contributed by atoms with Crippen molar-refractivity contribution in [1.82, 2.24) is 0 Å². The van der Waals surface area contributed by atoms with E-state index in [1.165, 1.54) is 6.92 Å². The molecule has 112 valence electrons. The summed E-state index contributed by atoms with van der Waals surface area (Å²) < 4.78 is 45.8. The van der Waals surface area contributed by atoms with Crippen LogP contribution in [-0.2, 0) is 18.5 Å². The Morgan fingerprint density at radius 2 is 2.00 bits per heavy atom. The van der Waals surface area contributed by atoms with Gasteiger partial charge in [-0.1, -0.05) is 0 Å². The van der Waals surface area contributed by atoms with Crippen molar-refractivity contribution in [2.45, 2.75) is 18.7 Å². The molecule has 0 aliphatic carbocycles. The molecule has 0 saturated heterocycles. The number of ether oxygens (including phenoxy) is 2. The maximum absolute atomic E-state index is 13.4. The highest BCUT2D eigenvalue weighted by Crippen LogP contribution is 2.24. The topological polar surface area (TPSA) is 69.7 Å². The first kappa shape index (κ1) is 16.9. The van der Waals surface area contributed by atoms with Crippen LogP contribution in [0.25, 0.3) is 0 Å². The van der Waals surface area contributed by atoms with E-state index in [-0.39, 0.29) is 24.3 Å². The molecule has 0 N–H and O–H groups in total. The Morgan fingerprint density at radius 3 is 2.55 bits per heavy atom. The summed E-state index contributed by atoms with van der Waals surface area (Å²) in [5, 5.41) is 0. The average Bonchev–Trinajstić information content (AvgIpc) is 2.35. The number of esters is 1. The molecule has 0 heterocycles. The van der Waals surface area contributed by atoms with Crippen molar-refractivity contribution < 1.29 is 27.1 Å². The van der Waals surface area contributed by atoms with Gasteiger partial charge in [0.15, 0.2) is 0 Å². The molecule has 1 aromatic carbocycles. The summed E-state index contributed by atoms with van der Waals surface area (Å²) in [6.45, 7) is 3.82. The van der Waals surface area contributed by atoms with Crippen LogP contribution in [0.5, 0.6) is 0 Å². The zero-order valence-electron chi connectivity index (χ0n) is 11.0. The first-order valence-electron chi connectivity index (χ1n) is 5.77. The van der Waals surface area contributed by atoms with Gasteiger partial charge in [-0.3, -0.25) is 0 Å². The number of benzene rings is 1. The molecular weight excluding hydrogens is 311 g/mol. The highest BCUT2D eigenvalue weighted by Gasteiger charge is 2.21. The first-order chi connectivity index (χ1) is 9.27. The summed E-state index contributed by atoms with van der Waals surface area (Å²) in [6.07, 6.45) is 0. The van der Waals surface area contributed by atoms with Gasteiger partial charge in [0.05, 0.1) is 17.1 Å². The Hall–Kier alpha value is -1.18. The van der Waals surface area contributed by atoms with E-state index < -0.39 is 25.7 Å². The zero-order chi connectivity index (χ0) is 15.3. The van der Waals surface area contributed by atoms with E-state index >= 15 is 0 Å². The summed E-state index contributed by atoms with van der Waals surface area (Å²) in [5.74, 6) is -1.71. The van der Waals surface area contributed by atoms with Crippen LogP contribution in [-0.4, -0.2) is 34.2 Å². The summed E-state index contributed by atoms with van der Waals surface area (Å²) in [6, 6.07) is 1.67. The molecule has 1 aromatic rings. The fourth-order valence-corrected chi connectivity index (χ4v) is 2.74. The molecule has 20 heavy (non-hydrogen) atoms. The molecule has 5 nitrogen and oxygen atoms in total. The largest absolute Gasteiger partial charge is 0.460 e. The van der Waals surface area contributed by atoms with Gasteiger partial charge in [-0.25, -0.2) is 17.6 Å². The van der Waals surface area contributed by atoms with Gasteiger partial charge in [-0.2, -0.15) is 0 Å².